The third kappa shape index (κ3) is 5.85. The molecule has 2 rings (SSSR count). The highest BCUT2D eigenvalue weighted by molar-refractivity contribution is 5.74. The lowest BCUT2D eigenvalue weighted by atomic mass is 10.0. The van der Waals surface area contributed by atoms with E-state index in [1.165, 1.54) is 19.2 Å². The standard InChI is InChI=1S/C19H23FN2O3/c1-13(22-19(24)21-11-18(23)12-25-2)14-3-5-15(6-4-14)16-7-9-17(20)10-8-16/h3-10,13,18,23H,11-12H2,1-2H3,(H2,21,22,24)/t13?,18-/m1/s1. The van der Waals surface area contributed by atoms with E-state index in [9.17, 15) is 14.3 Å². The normalized spacial score (nSPS) is 13.1. The monoisotopic (exact) mass is 346 g/mol. The minimum atomic E-state index is -0.735. The fourth-order valence-electron chi connectivity index (χ4n) is 2.40. The van der Waals surface area contributed by atoms with Crippen molar-refractivity contribution in [1.29, 1.82) is 0 Å². The lowest BCUT2D eigenvalue weighted by molar-refractivity contribution is 0.0659. The molecule has 2 aromatic rings. The minimum Gasteiger partial charge on any atom is -0.389 e. The molecule has 0 aliphatic rings. The zero-order valence-corrected chi connectivity index (χ0v) is 14.3. The second-order valence-corrected chi connectivity index (χ2v) is 5.81. The molecule has 2 aromatic carbocycles. The topological polar surface area (TPSA) is 70.6 Å². The highest BCUT2D eigenvalue weighted by Gasteiger charge is 2.11. The van der Waals surface area contributed by atoms with Gasteiger partial charge in [-0.3, -0.25) is 0 Å². The van der Waals surface area contributed by atoms with E-state index in [0.29, 0.717) is 0 Å². The molecule has 0 spiro atoms. The van der Waals surface area contributed by atoms with Crippen molar-refractivity contribution in [3.8, 4) is 11.1 Å². The van der Waals surface area contributed by atoms with Crippen LogP contribution < -0.4 is 10.6 Å². The van der Waals surface area contributed by atoms with Gasteiger partial charge in [-0.15, -0.1) is 0 Å². The molecule has 0 fully saturated rings. The lowest BCUT2D eigenvalue weighted by Gasteiger charge is -2.17. The number of aliphatic hydroxyl groups excluding tert-OH is 1. The summed E-state index contributed by atoms with van der Waals surface area (Å²) in [6, 6.07) is 13.5. The third-order valence-corrected chi connectivity index (χ3v) is 3.79. The SMILES string of the molecule is COC[C@H](O)CNC(=O)NC(C)c1ccc(-c2ccc(F)cc2)cc1. The highest BCUT2D eigenvalue weighted by Crippen LogP contribution is 2.22. The molecule has 134 valence electrons. The van der Waals surface area contributed by atoms with Gasteiger partial charge in [-0.05, 0) is 35.7 Å². The zero-order chi connectivity index (χ0) is 18.2. The Hall–Kier alpha value is -2.44. The molecule has 25 heavy (non-hydrogen) atoms. The van der Waals surface area contributed by atoms with Crippen LogP contribution >= 0.6 is 0 Å². The van der Waals surface area contributed by atoms with E-state index in [4.69, 9.17) is 4.74 Å². The Kier molecular flexibility index (Phi) is 6.91. The second kappa shape index (κ2) is 9.15. The highest BCUT2D eigenvalue weighted by atomic mass is 19.1. The Morgan fingerprint density at radius 1 is 1.12 bits per heavy atom. The van der Waals surface area contributed by atoms with Crippen LogP contribution in [0.4, 0.5) is 9.18 Å². The van der Waals surface area contributed by atoms with Crippen molar-refractivity contribution in [3.63, 3.8) is 0 Å². The van der Waals surface area contributed by atoms with E-state index < -0.39 is 6.10 Å². The maximum atomic E-state index is 13.0. The van der Waals surface area contributed by atoms with Gasteiger partial charge in [0.05, 0.1) is 18.8 Å². The van der Waals surface area contributed by atoms with E-state index in [1.807, 2.05) is 31.2 Å². The lowest BCUT2D eigenvalue weighted by Crippen LogP contribution is -2.41. The van der Waals surface area contributed by atoms with Crippen LogP contribution in [0.1, 0.15) is 18.5 Å². The predicted octanol–water partition coefficient (Wildman–Crippen LogP) is 2.86. The van der Waals surface area contributed by atoms with Crippen LogP contribution in [0.5, 0.6) is 0 Å². The maximum absolute atomic E-state index is 13.0. The smallest absolute Gasteiger partial charge is 0.315 e. The number of nitrogens with one attached hydrogen (secondary N) is 2. The molecular weight excluding hydrogens is 323 g/mol. The van der Waals surface area contributed by atoms with Crippen LogP contribution in [0, 0.1) is 5.82 Å². The van der Waals surface area contributed by atoms with Gasteiger partial charge in [0.25, 0.3) is 0 Å². The van der Waals surface area contributed by atoms with Gasteiger partial charge in [0, 0.05) is 13.7 Å². The molecule has 0 saturated heterocycles. The van der Waals surface area contributed by atoms with Crippen molar-refractivity contribution in [2.75, 3.05) is 20.3 Å². The number of hydrogen-bond donors (Lipinski definition) is 3. The number of carbonyl (C=O) groups is 1. The molecule has 0 radical (unpaired) electrons. The number of benzene rings is 2. The van der Waals surface area contributed by atoms with Gasteiger partial charge in [-0.2, -0.15) is 0 Å². The van der Waals surface area contributed by atoms with E-state index in [2.05, 4.69) is 10.6 Å². The maximum Gasteiger partial charge on any atom is 0.315 e. The summed E-state index contributed by atoms with van der Waals surface area (Å²) in [5.41, 5.74) is 2.85. The first-order chi connectivity index (χ1) is 12.0. The van der Waals surface area contributed by atoms with Gasteiger partial charge in [0.2, 0.25) is 0 Å². The fraction of sp³-hybridized carbons (Fsp3) is 0.316. The zero-order valence-electron chi connectivity index (χ0n) is 14.3. The molecule has 0 aliphatic carbocycles. The molecule has 3 N–H and O–H groups in total. The summed E-state index contributed by atoms with van der Waals surface area (Å²) in [6.45, 7) is 2.16. The number of hydrogen-bond acceptors (Lipinski definition) is 3. The molecule has 2 amide bonds. The average Bonchev–Trinajstić information content (AvgIpc) is 2.61. The molecular formula is C19H23FN2O3. The van der Waals surface area contributed by atoms with Gasteiger partial charge >= 0.3 is 6.03 Å². The Labute approximate surface area is 146 Å². The first-order valence-corrected chi connectivity index (χ1v) is 8.07. The van der Waals surface area contributed by atoms with Crippen molar-refractivity contribution >= 4 is 6.03 Å². The Balaban J connectivity index is 1.90. The van der Waals surface area contributed by atoms with Crippen molar-refractivity contribution in [2.45, 2.75) is 19.1 Å². The quantitative estimate of drug-likeness (QED) is 0.722. The van der Waals surface area contributed by atoms with Gasteiger partial charge < -0.3 is 20.5 Å². The van der Waals surface area contributed by atoms with Crippen LogP contribution in [-0.2, 0) is 4.74 Å². The van der Waals surface area contributed by atoms with Crippen molar-refractivity contribution in [1.82, 2.24) is 10.6 Å². The van der Waals surface area contributed by atoms with Crippen molar-refractivity contribution in [2.24, 2.45) is 0 Å². The van der Waals surface area contributed by atoms with E-state index in [-0.39, 0.29) is 31.0 Å². The molecule has 2 atom stereocenters. The second-order valence-electron chi connectivity index (χ2n) is 5.81. The summed E-state index contributed by atoms with van der Waals surface area (Å²) in [6.07, 6.45) is -0.735. The van der Waals surface area contributed by atoms with Crippen LogP contribution in [0.2, 0.25) is 0 Å². The number of amides is 2. The predicted molar refractivity (Wildman–Crippen MR) is 94.7 cm³/mol. The summed E-state index contributed by atoms with van der Waals surface area (Å²) in [5.74, 6) is -0.264. The Morgan fingerprint density at radius 2 is 1.68 bits per heavy atom. The largest absolute Gasteiger partial charge is 0.389 e. The molecule has 6 heteroatoms. The number of rotatable bonds is 7. The molecule has 0 bridgehead atoms. The number of halogens is 1. The molecule has 1 unspecified atom stereocenters. The molecule has 0 saturated carbocycles. The Morgan fingerprint density at radius 3 is 2.24 bits per heavy atom. The van der Waals surface area contributed by atoms with Crippen LogP contribution in [0.3, 0.4) is 0 Å². The van der Waals surface area contributed by atoms with Crippen molar-refractivity contribution in [3.05, 3.63) is 59.9 Å². The van der Waals surface area contributed by atoms with E-state index in [1.54, 1.807) is 12.1 Å². The van der Waals surface area contributed by atoms with Gasteiger partial charge in [-0.25, -0.2) is 9.18 Å². The van der Waals surface area contributed by atoms with E-state index in [0.717, 1.165) is 16.7 Å². The number of carbonyl (C=O) groups excluding carboxylic acids is 1. The molecule has 0 aromatic heterocycles. The summed E-state index contributed by atoms with van der Waals surface area (Å²) in [7, 11) is 1.49. The summed E-state index contributed by atoms with van der Waals surface area (Å²) in [5, 5.41) is 14.9. The van der Waals surface area contributed by atoms with Gasteiger partial charge in [-0.1, -0.05) is 36.4 Å². The first-order valence-electron chi connectivity index (χ1n) is 8.07. The number of ether oxygens (including phenoxy) is 1. The van der Waals surface area contributed by atoms with Gasteiger partial charge in [0.15, 0.2) is 0 Å². The summed E-state index contributed by atoms with van der Waals surface area (Å²) < 4.78 is 17.8. The number of urea groups is 1. The minimum absolute atomic E-state index is 0.121. The number of methoxy groups -OCH3 is 1. The van der Waals surface area contributed by atoms with Gasteiger partial charge in [0.1, 0.15) is 5.82 Å². The summed E-state index contributed by atoms with van der Waals surface area (Å²) in [4.78, 5) is 11.8. The van der Waals surface area contributed by atoms with Crippen LogP contribution in [0.25, 0.3) is 11.1 Å². The average molecular weight is 346 g/mol. The molecule has 0 heterocycles. The van der Waals surface area contributed by atoms with Crippen molar-refractivity contribution < 1.29 is 19.0 Å². The third-order valence-electron chi connectivity index (χ3n) is 3.79. The Bertz CT molecular complexity index is 674. The van der Waals surface area contributed by atoms with Crippen LogP contribution in [-0.4, -0.2) is 37.5 Å². The summed E-state index contributed by atoms with van der Waals surface area (Å²) >= 11 is 0. The molecule has 0 aliphatic heterocycles. The fourth-order valence-corrected chi connectivity index (χ4v) is 2.40. The molecule has 5 nitrogen and oxygen atoms in total. The number of aliphatic hydroxyl groups is 1. The van der Waals surface area contributed by atoms with Crippen LogP contribution in [0.15, 0.2) is 48.5 Å². The van der Waals surface area contributed by atoms with E-state index >= 15 is 0 Å². The first kappa shape index (κ1) is 18.9.